The van der Waals surface area contributed by atoms with Crippen molar-refractivity contribution in [3.8, 4) is 0 Å². The molecule has 1 amide bonds. The third-order valence-corrected chi connectivity index (χ3v) is 3.70. The van der Waals surface area contributed by atoms with Gasteiger partial charge < -0.3 is 4.90 Å². The highest BCUT2D eigenvalue weighted by molar-refractivity contribution is 9.10. The first kappa shape index (κ1) is 15.5. The van der Waals surface area contributed by atoms with Crippen LogP contribution >= 0.6 is 27.5 Å². The van der Waals surface area contributed by atoms with Crippen LogP contribution in [0.4, 0.5) is 0 Å². The molecule has 0 radical (unpaired) electrons. The molecule has 0 N–H and O–H groups in total. The fourth-order valence-electron chi connectivity index (χ4n) is 2.06. The van der Waals surface area contributed by atoms with Crippen LogP contribution < -0.4 is 0 Å². The largest absolute Gasteiger partial charge is 0.334 e. The summed E-state index contributed by atoms with van der Waals surface area (Å²) >= 11 is 9.21. The lowest BCUT2D eigenvalue weighted by atomic mass is 10.1. The van der Waals surface area contributed by atoms with Gasteiger partial charge in [-0.15, -0.1) is 11.6 Å². The zero-order valence-electron chi connectivity index (χ0n) is 10.8. The number of rotatable bonds is 6. The molecule has 0 unspecified atom stereocenters. The highest BCUT2D eigenvalue weighted by Crippen LogP contribution is 2.17. The Morgan fingerprint density at radius 3 is 2.56 bits per heavy atom. The van der Waals surface area contributed by atoms with Crippen molar-refractivity contribution in [2.45, 2.75) is 32.7 Å². The second kappa shape index (κ2) is 7.80. The van der Waals surface area contributed by atoms with Crippen LogP contribution in [0.2, 0.25) is 0 Å². The smallest absolute Gasteiger partial charge is 0.254 e. The molecule has 4 heteroatoms. The van der Waals surface area contributed by atoms with Crippen LogP contribution in [0.15, 0.2) is 28.7 Å². The number of benzene rings is 1. The molecule has 100 valence electrons. The molecule has 2 nitrogen and oxygen atoms in total. The summed E-state index contributed by atoms with van der Waals surface area (Å²) in [6.07, 6.45) is 1.90. The minimum atomic E-state index is 0.0608. The quantitative estimate of drug-likeness (QED) is 0.710. The first-order valence-electron chi connectivity index (χ1n) is 6.26. The minimum Gasteiger partial charge on any atom is -0.334 e. The Hall–Kier alpha value is -0.540. The molecule has 0 saturated heterocycles. The van der Waals surface area contributed by atoms with E-state index >= 15 is 0 Å². The number of carbonyl (C=O) groups excluding carboxylic acids is 1. The first-order chi connectivity index (χ1) is 8.63. The van der Waals surface area contributed by atoms with E-state index in [-0.39, 0.29) is 11.9 Å². The van der Waals surface area contributed by atoms with Crippen molar-refractivity contribution in [3.05, 3.63) is 34.3 Å². The van der Waals surface area contributed by atoms with E-state index in [0.717, 1.165) is 17.3 Å². The van der Waals surface area contributed by atoms with Crippen molar-refractivity contribution < 1.29 is 4.79 Å². The standard InChI is InChI=1S/C14H19BrClNO/c1-3-13(4-2)17(9-8-16)14(18)11-6-5-7-12(15)10-11/h5-7,10,13H,3-4,8-9H2,1-2H3. The van der Waals surface area contributed by atoms with E-state index < -0.39 is 0 Å². The lowest BCUT2D eigenvalue weighted by Crippen LogP contribution is -2.41. The first-order valence-corrected chi connectivity index (χ1v) is 7.59. The van der Waals surface area contributed by atoms with Crippen molar-refractivity contribution in [1.82, 2.24) is 4.90 Å². The van der Waals surface area contributed by atoms with Gasteiger partial charge in [0.2, 0.25) is 0 Å². The molecular formula is C14H19BrClNO. The number of amides is 1. The van der Waals surface area contributed by atoms with Crippen molar-refractivity contribution in [3.63, 3.8) is 0 Å². The summed E-state index contributed by atoms with van der Waals surface area (Å²) in [5, 5.41) is 0. The summed E-state index contributed by atoms with van der Waals surface area (Å²) in [6, 6.07) is 7.75. The molecule has 1 aromatic carbocycles. The van der Waals surface area contributed by atoms with Gasteiger partial charge in [0, 0.05) is 28.5 Å². The van der Waals surface area contributed by atoms with E-state index in [2.05, 4.69) is 29.8 Å². The Morgan fingerprint density at radius 1 is 1.39 bits per heavy atom. The third kappa shape index (κ3) is 3.99. The Kier molecular flexibility index (Phi) is 6.72. The van der Waals surface area contributed by atoms with E-state index in [0.29, 0.717) is 18.0 Å². The van der Waals surface area contributed by atoms with E-state index in [1.807, 2.05) is 29.2 Å². The normalized spacial score (nSPS) is 10.7. The number of halogens is 2. The molecule has 0 atom stereocenters. The van der Waals surface area contributed by atoms with Crippen LogP contribution in [-0.2, 0) is 0 Å². The molecule has 0 saturated carbocycles. The average Bonchev–Trinajstić information content (AvgIpc) is 2.38. The van der Waals surface area contributed by atoms with Crippen LogP contribution in [0, 0.1) is 0 Å². The zero-order valence-corrected chi connectivity index (χ0v) is 13.2. The summed E-state index contributed by atoms with van der Waals surface area (Å²) in [7, 11) is 0. The lowest BCUT2D eigenvalue weighted by molar-refractivity contribution is 0.0681. The number of hydrogen-bond acceptors (Lipinski definition) is 1. The molecule has 0 bridgehead atoms. The molecule has 18 heavy (non-hydrogen) atoms. The van der Waals surface area contributed by atoms with Crippen molar-refractivity contribution in [2.24, 2.45) is 0 Å². The van der Waals surface area contributed by atoms with Crippen LogP contribution in [0.25, 0.3) is 0 Å². The topological polar surface area (TPSA) is 20.3 Å². The molecule has 0 aliphatic rings. The van der Waals surface area contributed by atoms with Crippen LogP contribution in [-0.4, -0.2) is 29.3 Å². The summed E-state index contributed by atoms with van der Waals surface area (Å²) in [5.41, 5.74) is 0.710. The fourth-order valence-corrected chi connectivity index (χ4v) is 2.64. The highest BCUT2D eigenvalue weighted by atomic mass is 79.9. The van der Waals surface area contributed by atoms with Crippen molar-refractivity contribution in [2.75, 3.05) is 12.4 Å². The summed E-state index contributed by atoms with van der Waals surface area (Å²) in [4.78, 5) is 14.4. The molecule has 0 fully saturated rings. The molecule has 1 rings (SSSR count). The van der Waals surface area contributed by atoms with Gasteiger partial charge in [-0.25, -0.2) is 0 Å². The Labute approximate surface area is 122 Å². The summed E-state index contributed by atoms with van der Waals surface area (Å²) in [5.74, 6) is 0.529. The van der Waals surface area contributed by atoms with Crippen molar-refractivity contribution >= 4 is 33.4 Å². The maximum atomic E-state index is 12.5. The van der Waals surface area contributed by atoms with Gasteiger partial charge in [-0.3, -0.25) is 4.79 Å². The van der Waals surface area contributed by atoms with Gasteiger partial charge in [-0.1, -0.05) is 35.8 Å². The second-order valence-electron chi connectivity index (χ2n) is 4.17. The number of alkyl halides is 1. The van der Waals surface area contributed by atoms with Gasteiger partial charge in [0.25, 0.3) is 5.91 Å². The monoisotopic (exact) mass is 331 g/mol. The lowest BCUT2D eigenvalue weighted by Gasteiger charge is -2.30. The maximum Gasteiger partial charge on any atom is 0.254 e. The van der Waals surface area contributed by atoms with Crippen LogP contribution in [0.5, 0.6) is 0 Å². The molecule has 0 spiro atoms. The second-order valence-corrected chi connectivity index (χ2v) is 5.46. The van der Waals surface area contributed by atoms with Gasteiger partial charge >= 0.3 is 0 Å². The molecule has 0 aliphatic heterocycles. The third-order valence-electron chi connectivity index (χ3n) is 3.04. The SMILES string of the molecule is CCC(CC)N(CCCl)C(=O)c1cccc(Br)c1. The van der Waals surface area contributed by atoms with Crippen LogP contribution in [0.1, 0.15) is 37.0 Å². The Bertz CT molecular complexity index is 393. The molecule has 0 aliphatic carbocycles. The Balaban J connectivity index is 2.95. The van der Waals surface area contributed by atoms with E-state index in [9.17, 15) is 4.79 Å². The van der Waals surface area contributed by atoms with E-state index in [4.69, 9.17) is 11.6 Å². The molecule has 1 aromatic rings. The minimum absolute atomic E-state index is 0.0608. The predicted octanol–water partition coefficient (Wildman–Crippen LogP) is 4.32. The van der Waals surface area contributed by atoms with Gasteiger partial charge in [-0.05, 0) is 31.0 Å². The van der Waals surface area contributed by atoms with Gasteiger partial charge in [-0.2, -0.15) is 0 Å². The molecule has 0 heterocycles. The highest BCUT2D eigenvalue weighted by Gasteiger charge is 2.21. The van der Waals surface area contributed by atoms with Gasteiger partial charge in [0.15, 0.2) is 0 Å². The maximum absolute atomic E-state index is 12.5. The van der Waals surface area contributed by atoms with Crippen molar-refractivity contribution in [1.29, 1.82) is 0 Å². The van der Waals surface area contributed by atoms with E-state index in [1.54, 1.807) is 0 Å². The van der Waals surface area contributed by atoms with Crippen LogP contribution in [0.3, 0.4) is 0 Å². The average molecular weight is 333 g/mol. The zero-order chi connectivity index (χ0) is 13.5. The Morgan fingerprint density at radius 2 is 2.06 bits per heavy atom. The molecule has 0 aromatic heterocycles. The number of nitrogens with zero attached hydrogens (tertiary/aromatic N) is 1. The summed E-state index contributed by atoms with van der Waals surface area (Å²) in [6.45, 7) is 4.80. The van der Waals surface area contributed by atoms with Gasteiger partial charge in [0.05, 0.1) is 0 Å². The number of carbonyl (C=O) groups is 1. The fraction of sp³-hybridized carbons (Fsp3) is 0.500. The predicted molar refractivity (Wildman–Crippen MR) is 80.3 cm³/mol. The van der Waals surface area contributed by atoms with E-state index in [1.165, 1.54) is 0 Å². The number of hydrogen-bond donors (Lipinski definition) is 0. The van der Waals surface area contributed by atoms with Gasteiger partial charge in [0.1, 0.15) is 0 Å². The molecular weight excluding hydrogens is 314 g/mol. The summed E-state index contributed by atoms with van der Waals surface area (Å²) < 4.78 is 0.920.